The van der Waals surface area contributed by atoms with Gasteiger partial charge in [0.05, 0.1) is 5.69 Å². The molecule has 0 saturated carbocycles. The quantitative estimate of drug-likeness (QED) is 0.741. The Balaban J connectivity index is 3.13. The molecule has 3 N–H and O–H groups in total. The van der Waals surface area contributed by atoms with Crippen molar-refractivity contribution in [1.29, 1.82) is 0 Å². The van der Waals surface area contributed by atoms with Crippen LogP contribution in [0.2, 0.25) is 0 Å². The smallest absolute Gasteiger partial charge is 0.290 e. The number of H-pyrrole nitrogens is 1. The van der Waals surface area contributed by atoms with Crippen molar-refractivity contribution >= 4 is 5.69 Å². The summed E-state index contributed by atoms with van der Waals surface area (Å²) < 4.78 is 1.57. The number of aromatic amines is 1. The van der Waals surface area contributed by atoms with Crippen LogP contribution in [0.1, 0.15) is 38.9 Å². The van der Waals surface area contributed by atoms with Crippen LogP contribution >= 0.6 is 0 Å². The Hall–Kier alpha value is -1.19. The second-order valence-electron chi connectivity index (χ2n) is 3.52. The molecule has 1 rings (SSSR count). The lowest BCUT2D eigenvalue weighted by Crippen LogP contribution is -2.20. The van der Waals surface area contributed by atoms with Crippen LogP contribution in [-0.2, 0) is 6.42 Å². The highest BCUT2D eigenvalue weighted by molar-refractivity contribution is 5.40. The third-order valence-electron chi connectivity index (χ3n) is 2.05. The summed E-state index contributed by atoms with van der Waals surface area (Å²) >= 11 is 0. The van der Waals surface area contributed by atoms with Gasteiger partial charge in [-0.25, -0.2) is 4.68 Å². The number of aryl methyl sites for hydroxylation is 1. The number of nitrogen functional groups attached to an aromatic ring is 1. The molecular formula is C9H17N3O. The van der Waals surface area contributed by atoms with Crippen molar-refractivity contribution in [3.63, 3.8) is 0 Å². The molecule has 0 aliphatic heterocycles. The van der Waals surface area contributed by atoms with E-state index in [1.165, 1.54) is 0 Å². The fourth-order valence-electron chi connectivity index (χ4n) is 1.32. The summed E-state index contributed by atoms with van der Waals surface area (Å²) in [6, 6.07) is 0.139. The van der Waals surface area contributed by atoms with Gasteiger partial charge in [0.2, 0.25) is 0 Å². The zero-order valence-corrected chi connectivity index (χ0v) is 8.42. The van der Waals surface area contributed by atoms with Crippen molar-refractivity contribution in [2.75, 3.05) is 5.73 Å². The molecule has 74 valence electrons. The monoisotopic (exact) mass is 183 g/mol. The van der Waals surface area contributed by atoms with Gasteiger partial charge in [-0.2, -0.15) is 0 Å². The Bertz CT molecular complexity index is 335. The van der Waals surface area contributed by atoms with Crippen LogP contribution in [0.4, 0.5) is 5.69 Å². The van der Waals surface area contributed by atoms with Crippen molar-refractivity contribution < 1.29 is 0 Å². The molecule has 4 nitrogen and oxygen atoms in total. The van der Waals surface area contributed by atoms with Gasteiger partial charge < -0.3 is 5.73 Å². The van der Waals surface area contributed by atoms with E-state index in [1.54, 1.807) is 4.68 Å². The number of nitrogens with two attached hydrogens (primary N) is 1. The normalized spacial score (nSPS) is 11.1. The number of aromatic nitrogens is 2. The molecule has 0 aromatic carbocycles. The van der Waals surface area contributed by atoms with Crippen LogP contribution in [0.15, 0.2) is 4.79 Å². The largest absolute Gasteiger partial charge is 0.393 e. The van der Waals surface area contributed by atoms with E-state index in [2.05, 4.69) is 12.0 Å². The highest BCUT2D eigenvalue weighted by Crippen LogP contribution is 2.08. The molecule has 0 saturated heterocycles. The van der Waals surface area contributed by atoms with Crippen LogP contribution in [0.25, 0.3) is 0 Å². The Kier molecular flexibility index (Phi) is 2.80. The van der Waals surface area contributed by atoms with Crippen molar-refractivity contribution in [3.8, 4) is 0 Å². The lowest BCUT2D eigenvalue weighted by molar-refractivity contribution is 0.511. The molecule has 0 bridgehead atoms. The van der Waals surface area contributed by atoms with E-state index < -0.39 is 0 Å². The van der Waals surface area contributed by atoms with Gasteiger partial charge in [0, 0.05) is 6.04 Å². The third kappa shape index (κ3) is 1.76. The van der Waals surface area contributed by atoms with Gasteiger partial charge in [-0.15, -0.1) is 0 Å². The number of rotatable bonds is 3. The highest BCUT2D eigenvalue weighted by Gasteiger charge is 2.11. The fourth-order valence-corrected chi connectivity index (χ4v) is 1.32. The minimum atomic E-state index is -0.0987. The van der Waals surface area contributed by atoms with Gasteiger partial charge >= 0.3 is 0 Å². The SMILES string of the molecule is CCCc1[nH]n(C(C)C)c(=O)c1N. The van der Waals surface area contributed by atoms with Crippen molar-refractivity contribution in [2.45, 2.75) is 39.7 Å². The zero-order chi connectivity index (χ0) is 10.0. The Morgan fingerprint density at radius 3 is 2.54 bits per heavy atom. The molecular weight excluding hydrogens is 166 g/mol. The van der Waals surface area contributed by atoms with Gasteiger partial charge in [0.1, 0.15) is 5.69 Å². The Labute approximate surface area is 77.7 Å². The first-order valence-electron chi connectivity index (χ1n) is 4.66. The van der Waals surface area contributed by atoms with Gasteiger partial charge in [-0.1, -0.05) is 13.3 Å². The lowest BCUT2D eigenvalue weighted by Gasteiger charge is -2.03. The first kappa shape index (κ1) is 9.89. The number of nitrogens with zero attached hydrogens (tertiary/aromatic N) is 1. The molecule has 0 aliphatic rings. The zero-order valence-electron chi connectivity index (χ0n) is 8.42. The second kappa shape index (κ2) is 3.68. The molecule has 0 spiro atoms. The van der Waals surface area contributed by atoms with Crippen LogP contribution in [0, 0.1) is 0 Å². The van der Waals surface area contributed by atoms with Gasteiger partial charge in [-0.3, -0.25) is 9.89 Å². The summed E-state index contributed by atoms with van der Waals surface area (Å²) in [4.78, 5) is 11.5. The molecule has 4 heteroatoms. The number of hydrogen-bond donors (Lipinski definition) is 2. The molecule has 0 aliphatic carbocycles. The van der Waals surface area contributed by atoms with Crippen molar-refractivity contribution in [3.05, 3.63) is 16.0 Å². The van der Waals surface area contributed by atoms with E-state index >= 15 is 0 Å². The van der Waals surface area contributed by atoms with Gasteiger partial charge in [0.25, 0.3) is 5.56 Å². The maximum atomic E-state index is 11.5. The standard InChI is InChI=1S/C9H17N3O/c1-4-5-7-8(10)9(13)12(11-7)6(2)3/h6,11H,4-5,10H2,1-3H3. The van der Waals surface area contributed by atoms with E-state index in [9.17, 15) is 4.79 Å². The average molecular weight is 183 g/mol. The summed E-state index contributed by atoms with van der Waals surface area (Å²) in [6.07, 6.45) is 1.82. The Morgan fingerprint density at radius 1 is 1.54 bits per heavy atom. The minimum absolute atomic E-state index is 0.0987. The molecule has 0 radical (unpaired) electrons. The first-order chi connectivity index (χ1) is 6.07. The van der Waals surface area contributed by atoms with Crippen molar-refractivity contribution in [2.24, 2.45) is 0 Å². The molecule has 0 fully saturated rings. The summed E-state index contributed by atoms with van der Waals surface area (Å²) in [5, 5.41) is 3.03. The fraction of sp³-hybridized carbons (Fsp3) is 0.667. The molecule has 1 aromatic rings. The molecule has 0 atom stereocenters. The van der Waals surface area contributed by atoms with Crippen LogP contribution in [0.3, 0.4) is 0 Å². The molecule has 0 unspecified atom stereocenters. The van der Waals surface area contributed by atoms with E-state index in [0.717, 1.165) is 18.5 Å². The number of anilines is 1. The molecule has 1 aromatic heterocycles. The summed E-state index contributed by atoms with van der Waals surface area (Å²) in [6.45, 7) is 5.96. The predicted octanol–water partition coefficient (Wildman–Crippen LogP) is 1.29. The topological polar surface area (TPSA) is 63.8 Å². The first-order valence-corrected chi connectivity index (χ1v) is 4.66. The maximum Gasteiger partial charge on any atom is 0.290 e. The average Bonchev–Trinajstić information content (AvgIpc) is 2.33. The molecule has 13 heavy (non-hydrogen) atoms. The predicted molar refractivity (Wildman–Crippen MR) is 53.8 cm³/mol. The second-order valence-corrected chi connectivity index (χ2v) is 3.52. The summed E-state index contributed by atoms with van der Waals surface area (Å²) in [5.41, 5.74) is 6.80. The van der Waals surface area contributed by atoms with Crippen molar-refractivity contribution in [1.82, 2.24) is 9.78 Å². The lowest BCUT2D eigenvalue weighted by atomic mass is 10.2. The van der Waals surface area contributed by atoms with E-state index in [1.807, 2.05) is 13.8 Å². The van der Waals surface area contributed by atoms with E-state index in [4.69, 9.17) is 5.73 Å². The number of hydrogen-bond acceptors (Lipinski definition) is 2. The van der Waals surface area contributed by atoms with Crippen LogP contribution in [0.5, 0.6) is 0 Å². The summed E-state index contributed by atoms with van der Waals surface area (Å²) in [5.74, 6) is 0. The molecule has 1 heterocycles. The van der Waals surface area contributed by atoms with Crippen LogP contribution < -0.4 is 11.3 Å². The van der Waals surface area contributed by atoms with Gasteiger partial charge in [0.15, 0.2) is 0 Å². The maximum absolute atomic E-state index is 11.5. The van der Waals surface area contributed by atoms with E-state index in [-0.39, 0.29) is 11.6 Å². The number of nitrogens with one attached hydrogen (secondary N) is 1. The van der Waals surface area contributed by atoms with Gasteiger partial charge in [-0.05, 0) is 20.3 Å². The summed E-state index contributed by atoms with van der Waals surface area (Å²) in [7, 11) is 0. The minimum Gasteiger partial charge on any atom is -0.393 e. The third-order valence-corrected chi connectivity index (χ3v) is 2.05. The van der Waals surface area contributed by atoms with E-state index in [0.29, 0.717) is 5.69 Å². The highest BCUT2D eigenvalue weighted by atomic mass is 16.1. The molecule has 0 amide bonds. The van der Waals surface area contributed by atoms with Crippen LogP contribution in [-0.4, -0.2) is 9.78 Å². The Morgan fingerprint density at radius 2 is 2.15 bits per heavy atom.